The number of hydrogen-bond acceptors (Lipinski definition) is 4. The highest BCUT2D eigenvalue weighted by Crippen LogP contribution is 2.19. The summed E-state index contributed by atoms with van der Waals surface area (Å²) in [4.78, 5) is 8.98. The molecule has 2 rings (SSSR count). The molecular weight excluding hydrogens is 465 g/mol. The van der Waals surface area contributed by atoms with E-state index in [0.717, 1.165) is 50.6 Å². The molecule has 1 saturated heterocycles. The maximum Gasteiger partial charge on any atom is 0.211 e. The van der Waals surface area contributed by atoms with Crippen molar-refractivity contribution in [1.29, 1.82) is 0 Å². The Morgan fingerprint density at radius 1 is 1.31 bits per heavy atom. The molecule has 0 aromatic carbocycles. The van der Waals surface area contributed by atoms with Crippen LogP contribution < -0.4 is 10.6 Å². The second-order valence-electron chi connectivity index (χ2n) is 6.32. The van der Waals surface area contributed by atoms with Crippen molar-refractivity contribution in [1.82, 2.24) is 19.9 Å². The molecule has 0 unspecified atom stereocenters. The molecule has 2 N–H and O–H groups in total. The fourth-order valence-corrected chi connectivity index (χ4v) is 3.71. The molecular formula is C17H30IN5O2S. The van der Waals surface area contributed by atoms with Crippen LogP contribution in [-0.4, -0.2) is 62.6 Å². The quantitative estimate of drug-likeness (QED) is 0.340. The average Bonchev–Trinajstić information content (AvgIpc) is 2.60. The Bertz CT molecular complexity index is 646. The van der Waals surface area contributed by atoms with E-state index in [4.69, 9.17) is 0 Å². The van der Waals surface area contributed by atoms with Crippen molar-refractivity contribution in [3.63, 3.8) is 0 Å². The van der Waals surface area contributed by atoms with Crippen molar-refractivity contribution >= 4 is 40.0 Å². The number of rotatable bonds is 7. The van der Waals surface area contributed by atoms with Crippen LogP contribution in [0, 0.1) is 5.92 Å². The highest BCUT2D eigenvalue weighted by molar-refractivity contribution is 14.0. The molecule has 0 saturated carbocycles. The van der Waals surface area contributed by atoms with Crippen LogP contribution in [0.25, 0.3) is 0 Å². The Morgan fingerprint density at radius 2 is 2.04 bits per heavy atom. The molecule has 0 amide bonds. The molecule has 9 heteroatoms. The minimum Gasteiger partial charge on any atom is -0.357 e. The van der Waals surface area contributed by atoms with Crippen LogP contribution >= 0.6 is 24.0 Å². The molecule has 7 nitrogen and oxygen atoms in total. The van der Waals surface area contributed by atoms with Crippen molar-refractivity contribution in [2.45, 2.75) is 26.2 Å². The second kappa shape index (κ2) is 11.7. The zero-order valence-corrected chi connectivity index (χ0v) is 18.7. The number of pyridine rings is 1. The van der Waals surface area contributed by atoms with E-state index in [1.54, 1.807) is 10.5 Å². The van der Waals surface area contributed by atoms with Crippen LogP contribution in [-0.2, 0) is 16.4 Å². The molecule has 1 fully saturated rings. The molecule has 148 valence electrons. The number of halogens is 1. The SMILES string of the molecule is CCNC(=NCC1CCN(S(C)(=O)=O)CC1)NCCc1ccccn1.I. The fraction of sp³-hybridized carbons (Fsp3) is 0.647. The predicted octanol–water partition coefficient (Wildman–Crippen LogP) is 1.47. The van der Waals surface area contributed by atoms with Crippen molar-refractivity contribution in [2.75, 3.05) is 39.0 Å². The molecule has 0 spiro atoms. The number of nitrogens with zero attached hydrogens (tertiary/aromatic N) is 3. The normalized spacial score (nSPS) is 16.8. The standard InChI is InChI=1S/C17H29N5O2S.HI/c1-3-18-17(20-11-7-16-6-4-5-10-19-16)21-14-15-8-12-22(13-9-15)25(2,23)24;/h4-6,10,15H,3,7-9,11-14H2,1-2H3,(H2,18,20,21);1H. The minimum absolute atomic E-state index is 0. The molecule has 1 aromatic heterocycles. The lowest BCUT2D eigenvalue weighted by molar-refractivity contribution is 0.280. The predicted molar refractivity (Wildman–Crippen MR) is 116 cm³/mol. The van der Waals surface area contributed by atoms with Gasteiger partial charge in [0.2, 0.25) is 10.0 Å². The zero-order valence-electron chi connectivity index (χ0n) is 15.5. The molecule has 26 heavy (non-hydrogen) atoms. The summed E-state index contributed by atoms with van der Waals surface area (Å²) in [5.74, 6) is 1.24. The molecule has 0 radical (unpaired) electrons. The highest BCUT2D eigenvalue weighted by atomic mass is 127. The third-order valence-corrected chi connectivity index (χ3v) is 5.60. The summed E-state index contributed by atoms with van der Waals surface area (Å²) in [5, 5.41) is 6.59. The van der Waals surface area contributed by atoms with Crippen molar-refractivity contribution < 1.29 is 8.42 Å². The second-order valence-corrected chi connectivity index (χ2v) is 8.31. The Morgan fingerprint density at radius 3 is 2.62 bits per heavy atom. The first-order valence-corrected chi connectivity index (χ1v) is 10.7. The maximum absolute atomic E-state index is 11.6. The number of aliphatic imine (C=N–C) groups is 1. The highest BCUT2D eigenvalue weighted by Gasteiger charge is 2.24. The lowest BCUT2D eigenvalue weighted by Crippen LogP contribution is -2.40. The van der Waals surface area contributed by atoms with E-state index in [2.05, 4.69) is 20.6 Å². The molecule has 1 aromatic rings. The third kappa shape index (κ3) is 8.17. The number of nitrogens with one attached hydrogen (secondary N) is 2. The Labute approximate surface area is 174 Å². The number of guanidine groups is 1. The van der Waals surface area contributed by atoms with Crippen LogP contribution in [0.4, 0.5) is 0 Å². The number of sulfonamides is 1. The van der Waals surface area contributed by atoms with E-state index in [1.165, 1.54) is 6.26 Å². The Balaban J connectivity index is 0.00000338. The van der Waals surface area contributed by atoms with Gasteiger partial charge in [-0.05, 0) is 37.8 Å². The first kappa shape index (κ1) is 23.1. The van der Waals surface area contributed by atoms with Crippen molar-refractivity contribution in [3.05, 3.63) is 30.1 Å². The topological polar surface area (TPSA) is 86.7 Å². The molecule has 0 aliphatic carbocycles. The average molecular weight is 495 g/mol. The van der Waals surface area contributed by atoms with Crippen LogP contribution in [0.15, 0.2) is 29.4 Å². The summed E-state index contributed by atoms with van der Waals surface area (Å²) < 4.78 is 24.7. The summed E-state index contributed by atoms with van der Waals surface area (Å²) in [7, 11) is -3.06. The minimum atomic E-state index is -3.06. The fourth-order valence-electron chi connectivity index (χ4n) is 2.84. The van der Waals surface area contributed by atoms with E-state index in [1.807, 2.05) is 25.1 Å². The monoisotopic (exact) mass is 495 g/mol. The Hall–Kier alpha value is -0.940. The number of aromatic nitrogens is 1. The van der Waals surface area contributed by atoms with Gasteiger partial charge in [-0.25, -0.2) is 12.7 Å². The summed E-state index contributed by atoms with van der Waals surface area (Å²) >= 11 is 0. The van der Waals surface area contributed by atoms with Crippen LogP contribution in [0.5, 0.6) is 0 Å². The lowest BCUT2D eigenvalue weighted by atomic mass is 9.98. The van der Waals surface area contributed by atoms with Gasteiger partial charge in [0, 0.05) is 51.0 Å². The van der Waals surface area contributed by atoms with Gasteiger partial charge in [-0.2, -0.15) is 0 Å². The van der Waals surface area contributed by atoms with Gasteiger partial charge >= 0.3 is 0 Å². The van der Waals surface area contributed by atoms with Crippen LogP contribution in [0.3, 0.4) is 0 Å². The first-order valence-electron chi connectivity index (χ1n) is 8.86. The lowest BCUT2D eigenvalue weighted by Gasteiger charge is -2.29. The van der Waals surface area contributed by atoms with Gasteiger partial charge in [0.25, 0.3) is 0 Å². The molecule has 1 aliphatic rings. The van der Waals surface area contributed by atoms with E-state index >= 15 is 0 Å². The molecule has 0 bridgehead atoms. The van der Waals surface area contributed by atoms with E-state index in [0.29, 0.717) is 19.0 Å². The van der Waals surface area contributed by atoms with Crippen molar-refractivity contribution in [3.8, 4) is 0 Å². The van der Waals surface area contributed by atoms with Gasteiger partial charge in [0.05, 0.1) is 6.26 Å². The largest absolute Gasteiger partial charge is 0.357 e. The molecule has 2 heterocycles. The van der Waals surface area contributed by atoms with Gasteiger partial charge in [-0.15, -0.1) is 24.0 Å². The van der Waals surface area contributed by atoms with E-state index in [9.17, 15) is 8.42 Å². The van der Waals surface area contributed by atoms with Gasteiger partial charge in [-0.3, -0.25) is 9.98 Å². The summed E-state index contributed by atoms with van der Waals surface area (Å²) in [5.41, 5.74) is 1.05. The molecule has 1 aliphatic heterocycles. The summed E-state index contributed by atoms with van der Waals surface area (Å²) in [6.45, 7) is 5.54. The zero-order chi connectivity index (χ0) is 18.1. The van der Waals surface area contributed by atoms with Gasteiger partial charge in [-0.1, -0.05) is 6.07 Å². The van der Waals surface area contributed by atoms with Gasteiger partial charge < -0.3 is 10.6 Å². The number of piperidine rings is 1. The van der Waals surface area contributed by atoms with E-state index in [-0.39, 0.29) is 24.0 Å². The van der Waals surface area contributed by atoms with Crippen molar-refractivity contribution in [2.24, 2.45) is 10.9 Å². The van der Waals surface area contributed by atoms with Gasteiger partial charge in [0.1, 0.15) is 0 Å². The van der Waals surface area contributed by atoms with Crippen LogP contribution in [0.1, 0.15) is 25.5 Å². The van der Waals surface area contributed by atoms with E-state index < -0.39 is 10.0 Å². The maximum atomic E-state index is 11.6. The third-order valence-electron chi connectivity index (χ3n) is 4.29. The smallest absolute Gasteiger partial charge is 0.211 e. The van der Waals surface area contributed by atoms with Gasteiger partial charge in [0.15, 0.2) is 5.96 Å². The summed E-state index contributed by atoms with van der Waals surface area (Å²) in [6.07, 6.45) is 5.66. The number of hydrogen-bond donors (Lipinski definition) is 2. The first-order chi connectivity index (χ1) is 12.0. The molecule has 0 atom stereocenters. The Kier molecular flexibility index (Phi) is 10.4. The van der Waals surface area contributed by atoms with Crippen LogP contribution in [0.2, 0.25) is 0 Å². The summed E-state index contributed by atoms with van der Waals surface area (Å²) in [6, 6.07) is 5.92.